The van der Waals surface area contributed by atoms with Crippen molar-refractivity contribution in [1.29, 1.82) is 0 Å². The molecule has 0 fully saturated rings. The van der Waals surface area contributed by atoms with Crippen LogP contribution >= 0.6 is 15.9 Å². The summed E-state index contributed by atoms with van der Waals surface area (Å²) in [5.41, 5.74) is 0.855. The summed E-state index contributed by atoms with van der Waals surface area (Å²) in [6, 6.07) is 7.91. The highest BCUT2D eigenvalue weighted by Gasteiger charge is 2.14. The smallest absolute Gasteiger partial charge is 0.236 e. The van der Waals surface area contributed by atoms with E-state index in [4.69, 9.17) is 4.42 Å². The maximum atomic E-state index is 11.8. The fourth-order valence-electron chi connectivity index (χ4n) is 1.90. The van der Waals surface area contributed by atoms with Gasteiger partial charge in [0.25, 0.3) is 0 Å². The number of rotatable bonds is 5. The molecular weight excluding hydrogens is 320 g/mol. The summed E-state index contributed by atoms with van der Waals surface area (Å²) in [7, 11) is 1.80. The fraction of sp³-hybridized carbons (Fsp3) is 0.400. The molecule has 2 aromatic rings. The summed E-state index contributed by atoms with van der Waals surface area (Å²) < 4.78 is 6.82. The van der Waals surface area contributed by atoms with Gasteiger partial charge < -0.3 is 9.32 Å². The highest BCUT2D eigenvalue weighted by Crippen LogP contribution is 2.26. The second kappa shape index (κ2) is 6.41. The number of hydrogen-bond donors (Lipinski definition) is 1. The Bertz CT molecular complexity index is 609. The molecule has 1 amide bonds. The van der Waals surface area contributed by atoms with E-state index in [1.54, 1.807) is 11.9 Å². The van der Waals surface area contributed by atoms with Gasteiger partial charge in [-0.3, -0.25) is 10.1 Å². The Morgan fingerprint density at radius 3 is 2.90 bits per heavy atom. The molecule has 5 heteroatoms. The van der Waals surface area contributed by atoms with E-state index in [0.29, 0.717) is 13.1 Å². The first kappa shape index (κ1) is 15.1. The van der Waals surface area contributed by atoms with Crippen molar-refractivity contribution in [1.82, 2.24) is 10.2 Å². The third-order valence-electron chi connectivity index (χ3n) is 3.38. The number of amides is 1. The molecule has 0 saturated heterocycles. The lowest BCUT2D eigenvalue weighted by molar-refractivity contribution is -0.128. The molecule has 0 radical (unpaired) electrons. The van der Waals surface area contributed by atoms with Gasteiger partial charge in [-0.25, -0.2) is 0 Å². The number of fused-ring (bicyclic) bond motifs is 1. The van der Waals surface area contributed by atoms with Crippen molar-refractivity contribution in [3.63, 3.8) is 0 Å². The first-order chi connectivity index (χ1) is 9.51. The van der Waals surface area contributed by atoms with E-state index in [2.05, 4.69) is 21.2 Å². The second-order valence-electron chi connectivity index (χ2n) is 4.84. The molecule has 1 heterocycles. The minimum Gasteiger partial charge on any atom is -0.459 e. The zero-order chi connectivity index (χ0) is 14.7. The van der Waals surface area contributed by atoms with Gasteiger partial charge in [0.05, 0.1) is 12.6 Å². The van der Waals surface area contributed by atoms with E-state index in [-0.39, 0.29) is 11.9 Å². The van der Waals surface area contributed by atoms with Gasteiger partial charge in [-0.15, -0.1) is 0 Å². The minimum atomic E-state index is -0.00428. The van der Waals surface area contributed by atoms with Gasteiger partial charge in [-0.2, -0.15) is 0 Å². The van der Waals surface area contributed by atoms with Crippen molar-refractivity contribution in [2.45, 2.75) is 19.9 Å². The number of halogens is 1. The third kappa shape index (κ3) is 3.41. The van der Waals surface area contributed by atoms with Crippen LogP contribution in [-0.2, 0) is 4.79 Å². The molecule has 0 aliphatic carbocycles. The van der Waals surface area contributed by atoms with E-state index < -0.39 is 0 Å². The molecule has 1 unspecified atom stereocenters. The first-order valence-corrected chi connectivity index (χ1v) is 7.47. The van der Waals surface area contributed by atoms with Crippen LogP contribution in [-0.4, -0.2) is 30.9 Å². The predicted molar refractivity (Wildman–Crippen MR) is 83.6 cm³/mol. The molecule has 20 heavy (non-hydrogen) atoms. The molecule has 0 aliphatic heterocycles. The molecule has 1 aromatic carbocycles. The van der Waals surface area contributed by atoms with Gasteiger partial charge in [-0.05, 0) is 38.1 Å². The Morgan fingerprint density at radius 1 is 1.45 bits per heavy atom. The number of nitrogens with zero attached hydrogens (tertiary/aromatic N) is 1. The van der Waals surface area contributed by atoms with Gasteiger partial charge in [0.2, 0.25) is 5.91 Å². The van der Waals surface area contributed by atoms with Crippen molar-refractivity contribution < 1.29 is 9.21 Å². The standard InChI is InChI=1S/C15H19BrN2O2/c1-4-18(3)15(19)9-17-10(2)14-8-11-7-12(16)5-6-13(11)20-14/h5-8,10,17H,4,9H2,1-3H3. The Morgan fingerprint density at radius 2 is 2.20 bits per heavy atom. The van der Waals surface area contributed by atoms with E-state index in [1.807, 2.05) is 38.1 Å². The lowest BCUT2D eigenvalue weighted by atomic mass is 10.2. The van der Waals surface area contributed by atoms with Gasteiger partial charge in [-0.1, -0.05) is 15.9 Å². The largest absolute Gasteiger partial charge is 0.459 e. The number of benzene rings is 1. The molecule has 108 valence electrons. The average molecular weight is 339 g/mol. The van der Waals surface area contributed by atoms with Crippen LogP contribution in [0.3, 0.4) is 0 Å². The molecule has 0 aliphatic rings. The van der Waals surface area contributed by atoms with Crippen LogP contribution in [0.4, 0.5) is 0 Å². The Kier molecular flexibility index (Phi) is 4.83. The van der Waals surface area contributed by atoms with Crippen LogP contribution < -0.4 is 5.32 Å². The number of hydrogen-bond acceptors (Lipinski definition) is 3. The predicted octanol–water partition coefficient (Wildman–Crippen LogP) is 3.32. The molecule has 1 atom stereocenters. The number of likely N-dealkylation sites (N-methyl/N-ethyl adjacent to an activating group) is 1. The van der Waals surface area contributed by atoms with E-state index in [1.165, 1.54) is 0 Å². The van der Waals surface area contributed by atoms with Crippen LogP contribution in [0.1, 0.15) is 25.6 Å². The average Bonchev–Trinajstić information content (AvgIpc) is 2.86. The molecule has 2 rings (SSSR count). The van der Waals surface area contributed by atoms with Gasteiger partial charge in [0.15, 0.2) is 0 Å². The quantitative estimate of drug-likeness (QED) is 0.909. The Balaban J connectivity index is 2.04. The molecular formula is C15H19BrN2O2. The van der Waals surface area contributed by atoms with Crippen molar-refractivity contribution in [2.24, 2.45) is 0 Å². The van der Waals surface area contributed by atoms with E-state index in [9.17, 15) is 4.79 Å². The number of carbonyl (C=O) groups is 1. The SMILES string of the molecule is CCN(C)C(=O)CNC(C)c1cc2cc(Br)ccc2o1. The van der Waals surface area contributed by atoms with Crippen LogP contribution in [0.25, 0.3) is 11.0 Å². The lowest BCUT2D eigenvalue weighted by Crippen LogP contribution is -2.36. The maximum absolute atomic E-state index is 11.8. The van der Waals surface area contributed by atoms with Crippen LogP contribution in [0.5, 0.6) is 0 Å². The van der Waals surface area contributed by atoms with Gasteiger partial charge in [0, 0.05) is 23.5 Å². The fourth-order valence-corrected chi connectivity index (χ4v) is 2.28. The highest BCUT2D eigenvalue weighted by molar-refractivity contribution is 9.10. The molecule has 1 aromatic heterocycles. The molecule has 4 nitrogen and oxygen atoms in total. The molecule has 0 spiro atoms. The number of furan rings is 1. The zero-order valence-corrected chi connectivity index (χ0v) is 13.5. The minimum absolute atomic E-state index is 0.00428. The maximum Gasteiger partial charge on any atom is 0.236 e. The summed E-state index contributed by atoms with van der Waals surface area (Å²) in [6.45, 7) is 4.98. The monoisotopic (exact) mass is 338 g/mol. The third-order valence-corrected chi connectivity index (χ3v) is 3.88. The summed E-state index contributed by atoms with van der Waals surface area (Å²) in [5, 5.41) is 4.25. The summed E-state index contributed by atoms with van der Waals surface area (Å²) in [4.78, 5) is 13.4. The van der Waals surface area contributed by atoms with E-state index >= 15 is 0 Å². The van der Waals surface area contributed by atoms with Crippen LogP contribution in [0.15, 0.2) is 33.2 Å². The highest BCUT2D eigenvalue weighted by atomic mass is 79.9. The van der Waals surface area contributed by atoms with Gasteiger partial charge in [0.1, 0.15) is 11.3 Å². The summed E-state index contributed by atoms with van der Waals surface area (Å²) >= 11 is 3.44. The Labute approximate surface area is 127 Å². The first-order valence-electron chi connectivity index (χ1n) is 6.67. The summed E-state index contributed by atoms with van der Waals surface area (Å²) in [6.07, 6.45) is 0. The topological polar surface area (TPSA) is 45.5 Å². The van der Waals surface area contributed by atoms with Crippen LogP contribution in [0, 0.1) is 0 Å². The van der Waals surface area contributed by atoms with Crippen molar-refractivity contribution in [2.75, 3.05) is 20.1 Å². The Hall–Kier alpha value is -1.33. The molecule has 0 bridgehead atoms. The van der Waals surface area contributed by atoms with Crippen LogP contribution in [0.2, 0.25) is 0 Å². The molecule has 1 N–H and O–H groups in total. The number of nitrogens with one attached hydrogen (secondary N) is 1. The molecule has 0 saturated carbocycles. The summed E-state index contributed by atoms with van der Waals surface area (Å²) in [5.74, 6) is 0.920. The number of carbonyl (C=O) groups excluding carboxylic acids is 1. The van der Waals surface area contributed by atoms with E-state index in [0.717, 1.165) is 21.2 Å². The lowest BCUT2D eigenvalue weighted by Gasteiger charge is -2.16. The van der Waals surface area contributed by atoms with Gasteiger partial charge >= 0.3 is 0 Å². The van der Waals surface area contributed by atoms with Crippen molar-refractivity contribution in [3.8, 4) is 0 Å². The van der Waals surface area contributed by atoms with Crippen molar-refractivity contribution >= 4 is 32.8 Å². The normalized spacial score (nSPS) is 12.6. The zero-order valence-electron chi connectivity index (χ0n) is 11.9. The van der Waals surface area contributed by atoms with Crippen molar-refractivity contribution in [3.05, 3.63) is 34.5 Å². The second-order valence-corrected chi connectivity index (χ2v) is 5.76.